The molecule has 0 saturated carbocycles. The third-order valence-corrected chi connectivity index (χ3v) is 6.04. The van der Waals surface area contributed by atoms with E-state index in [1.54, 1.807) is 30.3 Å². The second kappa shape index (κ2) is 3.68. The SMILES string of the molecule is NS(=O)(=O)C(Br)(Br)c1ccccc1. The molecule has 0 aliphatic heterocycles. The molecule has 0 aromatic heterocycles. The van der Waals surface area contributed by atoms with Gasteiger partial charge in [-0.25, -0.2) is 13.6 Å². The topological polar surface area (TPSA) is 60.2 Å². The molecule has 72 valence electrons. The van der Waals surface area contributed by atoms with Crippen molar-refractivity contribution in [3.8, 4) is 0 Å². The zero-order valence-corrected chi connectivity index (χ0v) is 10.4. The number of hydrogen-bond acceptors (Lipinski definition) is 2. The van der Waals surface area contributed by atoms with Gasteiger partial charge in [0.2, 0.25) is 12.6 Å². The van der Waals surface area contributed by atoms with E-state index in [0.717, 1.165) is 0 Å². The number of alkyl halides is 2. The molecular weight excluding hydrogens is 322 g/mol. The number of nitrogens with two attached hydrogens (primary N) is 1. The van der Waals surface area contributed by atoms with E-state index in [1.165, 1.54) is 0 Å². The van der Waals surface area contributed by atoms with Gasteiger partial charge in [-0.05, 0) is 37.4 Å². The van der Waals surface area contributed by atoms with Crippen molar-refractivity contribution in [2.45, 2.75) is 2.57 Å². The predicted molar refractivity (Wildman–Crippen MR) is 59.1 cm³/mol. The smallest absolute Gasteiger partial charge is 0.226 e. The van der Waals surface area contributed by atoms with Gasteiger partial charge in [-0.3, -0.25) is 0 Å². The van der Waals surface area contributed by atoms with E-state index >= 15 is 0 Å². The Labute approximate surface area is 93.6 Å². The van der Waals surface area contributed by atoms with Crippen molar-refractivity contribution in [1.82, 2.24) is 0 Å². The first kappa shape index (κ1) is 11.2. The minimum absolute atomic E-state index is 0.539. The number of primary sulfonamides is 1. The Balaban J connectivity index is 3.24. The van der Waals surface area contributed by atoms with E-state index in [0.29, 0.717) is 5.56 Å². The van der Waals surface area contributed by atoms with Gasteiger partial charge >= 0.3 is 0 Å². The summed E-state index contributed by atoms with van der Waals surface area (Å²) in [5.74, 6) is 0. The molecule has 3 nitrogen and oxygen atoms in total. The average Bonchev–Trinajstić information content (AvgIpc) is 2.04. The van der Waals surface area contributed by atoms with Crippen LogP contribution in [0.1, 0.15) is 5.56 Å². The Morgan fingerprint density at radius 1 is 1.15 bits per heavy atom. The van der Waals surface area contributed by atoms with Gasteiger partial charge < -0.3 is 0 Å². The molecule has 0 radical (unpaired) electrons. The fourth-order valence-corrected chi connectivity index (χ4v) is 1.79. The molecule has 0 amide bonds. The van der Waals surface area contributed by atoms with E-state index in [1.807, 2.05) is 0 Å². The van der Waals surface area contributed by atoms with Gasteiger partial charge in [-0.1, -0.05) is 30.3 Å². The van der Waals surface area contributed by atoms with E-state index in [9.17, 15) is 8.42 Å². The summed E-state index contributed by atoms with van der Waals surface area (Å²) in [7, 11) is -3.72. The summed E-state index contributed by atoms with van der Waals surface area (Å²) in [6.45, 7) is 0. The molecular formula is C7H7Br2NO2S. The van der Waals surface area contributed by atoms with Crippen molar-refractivity contribution in [2.24, 2.45) is 5.14 Å². The van der Waals surface area contributed by atoms with Gasteiger partial charge in [0.1, 0.15) is 0 Å². The van der Waals surface area contributed by atoms with E-state index < -0.39 is 12.6 Å². The van der Waals surface area contributed by atoms with Gasteiger partial charge in [0, 0.05) is 0 Å². The highest BCUT2D eigenvalue weighted by Crippen LogP contribution is 2.41. The second-order valence-electron chi connectivity index (χ2n) is 2.43. The molecule has 0 aliphatic carbocycles. The average molecular weight is 329 g/mol. The Kier molecular flexibility index (Phi) is 3.16. The highest BCUT2D eigenvalue weighted by molar-refractivity contribution is 9.27. The van der Waals surface area contributed by atoms with Crippen molar-refractivity contribution in [1.29, 1.82) is 0 Å². The lowest BCUT2D eigenvalue weighted by Crippen LogP contribution is -2.29. The van der Waals surface area contributed by atoms with Gasteiger partial charge in [-0.2, -0.15) is 0 Å². The molecule has 0 fully saturated rings. The molecule has 0 aliphatic rings. The number of sulfonamides is 1. The lowest BCUT2D eigenvalue weighted by Gasteiger charge is -2.17. The molecule has 0 unspecified atom stereocenters. The summed E-state index contributed by atoms with van der Waals surface area (Å²) < 4.78 is 20.9. The monoisotopic (exact) mass is 327 g/mol. The number of rotatable bonds is 2. The van der Waals surface area contributed by atoms with Crippen molar-refractivity contribution >= 4 is 41.9 Å². The van der Waals surface area contributed by atoms with Crippen molar-refractivity contribution < 1.29 is 8.42 Å². The van der Waals surface area contributed by atoms with Crippen LogP contribution in [0.25, 0.3) is 0 Å². The van der Waals surface area contributed by atoms with Gasteiger partial charge in [0.25, 0.3) is 0 Å². The number of benzene rings is 1. The van der Waals surface area contributed by atoms with Crippen molar-refractivity contribution in [3.63, 3.8) is 0 Å². The molecule has 0 heterocycles. The molecule has 6 heteroatoms. The summed E-state index contributed by atoms with van der Waals surface area (Å²) >= 11 is 6.03. The zero-order valence-electron chi connectivity index (χ0n) is 6.44. The largest absolute Gasteiger partial charge is 0.239 e. The van der Waals surface area contributed by atoms with Crippen LogP contribution >= 0.6 is 31.9 Å². The molecule has 1 rings (SSSR count). The molecule has 1 aromatic carbocycles. The van der Waals surface area contributed by atoms with Crippen LogP contribution in [-0.2, 0) is 12.6 Å². The Hall–Kier alpha value is 0.0900. The third kappa shape index (κ3) is 2.31. The van der Waals surface area contributed by atoms with Crippen LogP contribution in [0.2, 0.25) is 0 Å². The molecule has 2 N–H and O–H groups in total. The maximum Gasteiger partial charge on any atom is 0.239 e. The van der Waals surface area contributed by atoms with Crippen LogP contribution in [0, 0.1) is 0 Å². The molecule has 0 bridgehead atoms. The van der Waals surface area contributed by atoms with Crippen molar-refractivity contribution in [2.75, 3.05) is 0 Å². The van der Waals surface area contributed by atoms with Gasteiger partial charge in [-0.15, -0.1) is 0 Å². The summed E-state index contributed by atoms with van der Waals surface area (Å²) in [5, 5.41) is 5.02. The van der Waals surface area contributed by atoms with Crippen LogP contribution in [-0.4, -0.2) is 8.42 Å². The van der Waals surface area contributed by atoms with Crippen LogP contribution in [0.15, 0.2) is 30.3 Å². The van der Waals surface area contributed by atoms with E-state index in [-0.39, 0.29) is 0 Å². The predicted octanol–water partition coefficient (Wildman–Crippen LogP) is 1.88. The Bertz CT molecular complexity index is 388. The Morgan fingerprint density at radius 3 is 2.00 bits per heavy atom. The van der Waals surface area contributed by atoms with Crippen LogP contribution < -0.4 is 5.14 Å². The first-order valence-corrected chi connectivity index (χ1v) is 6.44. The van der Waals surface area contributed by atoms with Crippen LogP contribution in [0.5, 0.6) is 0 Å². The van der Waals surface area contributed by atoms with Crippen LogP contribution in [0.4, 0.5) is 0 Å². The lowest BCUT2D eigenvalue weighted by atomic mass is 10.2. The fourth-order valence-electron chi connectivity index (χ4n) is 0.796. The highest BCUT2D eigenvalue weighted by Gasteiger charge is 2.37. The van der Waals surface area contributed by atoms with E-state index in [4.69, 9.17) is 5.14 Å². The number of hydrogen-bond donors (Lipinski definition) is 1. The molecule has 13 heavy (non-hydrogen) atoms. The Morgan fingerprint density at radius 2 is 1.62 bits per heavy atom. The fraction of sp³-hybridized carbons (Fsp3) is 0.143. The number of halogens is 2. The molecule has 0 spiro atoms. The summed E-state index contributed by atoms with van der Waals surface area (Å²) in [5.41, 5.74) is 0.539. The second-order valence-corrected chi connectivity index (χ2v) is 8.62. The highest BCUT2D eigenvalue weighted by atomic mass is 79.9. The van der Waals surface area contributed by atoms with Gasteiger partial charge in [0.15, 0.2) is 0 Å². The first-order valence-electron chi connectivity index (χ1n) is 3.31. The summed E-state index contributed by atoms with van der Waals surface area (Å²) in [6.07, 6.45) is 0. The lowest BCUT2D eigenvalue weighted by molar-refractivity contribution is 0.594. The van der Waals surface area contributed by atoms with Crippen LogP contribution in [0.3, 0.4) is 0 Å². The molecule has 0 saturated heterocycles. The minimum atomic E-state index is -3.72. The first-order chi connectivity index (χ1) is 5.86. The van der Waals surface area contributed by atoms with E-state index in [2.05, 4.69) is 31.9 Å². The maximum absolute atomic E-state index is 11.1. The quantitative estimate of drug-likeness (QED) is 0.842. The molecule has 1 aromatic rings. The molecule has 0 atom stereocenters. The standard InChI is InChI=1S/C7H7Br2NO2S/c8-7(9,13(10,11)12)6-4-2-1-3-5-6/h1-5H,(H2,10,11,12). The maximum atomic E-state index is 11.1. The normalized spacial score (nSPS) is 12.8. The third-order valence-electron chi connectivity index (χ3n) is 1.47. The van der Waals surface area contributed by atoms with Crippen molar-refractivity contribution in [3.05, 3.63) is 35.9 Å². The minimum Gasteiger partial charge on any atom is -0.226 e. The summed E-state index contributed by atoms with van der Waals surface area (Å²) in [6, 6.07) is 8.58. The summed E-state index contributed by atoms with van der Waals surface area (Å²) in [4.78, 5) is 0. The van der Waals surface area contributed by atoms with Gasteiger partial charge in [0.05, 0.1) is 0 Å². The zero-order chi connectivity index (χ0) is 10.1.